The predicted octanol–water partition coefficient (Wildman–Crippen LogP) is 2.32. The molecule has 7 rings (SSSR count). The first-order valence-corrected chi connectivity index (χ1v) is 16.6. The smallest absolute Gasteiger partial charge is 0.335 e. The van der Waals surface area contributed by atoms with Gasteiger partial charge in [-0.05, 0) is 65.1 Å². The number of aliphatic carboxylic acids is 1. The van der Waals surface area contributed by atoms with Crippen molar-refractivity contribution in [1.29, 1.82) is 0 Å². The van der Waals surface area contributed by atoms with E-state index < -0.39 is 76.7 Å². The number of carbonyl (C=O) groups is 1. The summed E-state index contributed by atoms with van der Waals surface area (Å²) in [4.78, 5) is 29.1. The van der Waals surface area contributed by atoms with E-state index in [1.54, 1.807) is 12.1 Å². The molecule has 3 aromatic carbocycles. The van der Waals surface area contributed by atoms with E-state index in [2.05, 4.69) is 17.1 Å². The van der Waals surface area contributed by atoms with Crippen molar-refractivity contribution >= 4 is 34.5 Å². The van der Waals surface area contributed by atoms with Crippen molar-refractivity contribution < 1.29 is 54.4 Å². The van der Waals surface area contributed by atoms with Gasteiger partial charge in [0, 0.05) is 17.7 Å². The van der Waals surface area contributed by atoms with E-state index in [0.717, 1.165) is 49.0 Å². The lowest BCUT2D eigenvalue weighted by Gasteiger charge is -2.45. The number of aliphatic hydroxyl groups excluding tert-OH is 2. The molecule has 272 valence electrons. The van der Waals surface area contributed by atoms with Crippen molar-refractivity contribution in [3.63, 3.8) is 0 Å². The minimum atomic E-state index is -2.72. The number of rotatable bonds is 7. The van der Waals surface area contributed by atoms with E-state index in [9.17, 15) is 45.3 Å². The molecule has 2 aliphatic carbocycles. The number of phenols is 3. The van der Waals surface area contributed by atoms with E-state index >= 15 is 0 Å². The summed E-state index contributed by atoms with van der Waals surface area (Å²) in [6.45, 7) is -0.865. The Morgan fingerprint density at radius 1 is 0.942 bits per heavy atom. The second kappa shape index (κ2) is 13.2. The van der Waals surface area contributed by atoms with Crippen LogP contribution in [0.3, 0.4) is 0 Å². The first-order chi connectivity index (χ1) is 24.8. The van der Waals surface area contributed by atoms with Crippen LogP contribution in [0.4, 0.5) is 0 Å². The number of ether oxygens (including phenoxy) is 2. The van der Waals surface area contributed by atoms with Gasteiger partial charge in [-0.3, -0.25) is 9.79 Å². The number of nitrogens with zero attached hydrogens (tertiary/aromatic N) is 1. The largest absolute Gasteiger partial charge is 0.508 e. The SMILES string of the molecule is NC(N)=NCC1(O)C(O)C(Oc2cc3oc(-c4ccc(O)cc4C4=Cc5ccccc5C5CCCCC45)cc(=O)c3c(O)c2O)OC(C(=O)O)C1O. The summed E-state index contributed by atoms with van der Waals surface area (Å²) in [7, 11) is 0. The second-order valence-corrected chi connectivity index (χ2v) is 13.4. The van der Waals surface area contributed by atoms with Gasteiger partial charge in [0.05, 0.1) is 6.54 Å². The number of benzene rings is 3. The Morgan fingerprint density at radius 2 is 1.67 bits per heavy atom. The summed E-state index contributed by atoms with van der Waals surface area (Å²) in [5, 5.41) is 74.5. The molecule has 1 saturated carbocycles. The summed E-state index contributed by atoms with van der Waals surface area (Å²) < 4.78 is 17.0. The van der Waals surface area contributed by atoms with Crippen molar-refractivity contribution in [3.05, 3.63) is 81.5 Å². The van der Waals surface area contributed by atoms with Crippen LogP contribution in [-0.4, -0.2) is 84.4 Å². The maximum atomic E-state index is 13.6. The zero-order chi connectivity index (χ0) is 37.1. The Morgan fingerprint density at radius 3 is 2.40 bits per heavy atom. The van der Waals surface area contributed by atoms with Crippen molar-refractivity contribution in [1.82, 2.24) is 0 Å². The fourth-order valence-corrected chi connectivity index (χ4v) is 7.67. The number of aliphatic imine (C=N–C) groups is 1. The average molecular weight is 716 g/mol. The highest BCUT2D eigenvalue weighted by Crippen LogP contribution is 2.52. The van der Waals surface area contributed by atoms with Gasteiger partial charge in [-0.15, -0.1) is 0 Å². The van der Waals surface area contributed by atoms with Crippen LogP contribution in [0.5, 0.6) is 23.0 Å². The number of nitrogens with two attached hydrogens (primary N) is 2. The minimum Gasteiger partial charge on any atom is -0.508 e. The third-order valence-corrected chi connectivity index (χ3v) is 10.2. The van der Waals surface area contributed by atoms with Crippen LogP contribution in [0.2, 0.25) is 0 Å². The van der Waals surface area contributed by atoms with E-state index in [1.165, 1.54) is 11.6 Å². The van der Waals surface area contributed by atoms with Gasteiger partial charge in [0.15, 0.2) is 29.0 Å². The molecule has 3 aliphatic rings. The van der Waals surface area contributed by atoms with Crippen LogP contribution in [0.15, 0.2) is 68.8 Å². The molecule has 15 heteroatoms. The van der Waals surface area contributed by atoms with Gasteiger partial charge >= 0.3 is 5.97 Å². The summed E-state index contributed by atoms with van der Waals surface area (Å²) in [5.41, 5.74) is 11.4. The zero-order valence-corrected chi connectivity index (χ0v) is 27.5. The fraction of sp³-hybridized carbons (Fsp3) is 0.324. The topological polar surface area (TPSA) is 272 Å². The molecule has 7 atom stereocenters. The molecule has 4 aromatic rings. The van der Waals surface area contributed by atoms with Crippen molar-refractivity contribution in [2.75, 3.05) is 6.54 Å². The molecule has 15 nitrogen and oxygen atoms in total. The molecular weight excluding hydrogens is 678 g/mol. The first kappa shape index (κ1) is 34.8. The summed E-state index contributed by atoms with van der Waals surface area (Å²) >= 11 is 0. The Bertz CT molecular complexity index is 2190. The maximum Gasteiger partial charge on any atom is 0.335 e. The number of hydrogen-bond donors (Lipinski definition) is 9. The van der Waals surface area contributed by atoms with E-state index in [-0.39, 0.29) is 28.9 Å². The van der Waals surface area contributed by atoms with Crippen molar-refractivity contribution in [2.45, 2.75) is 61.8 Å². The lowest BCUT2D eigenvalue weighted by Crippen LogP contribution is -2.70. The fourth-order valence-electron chi connectivity index (χ4n) is 7.67. The maximum absolute atomic E-state index is 13.6. The molecule has 11 N–H and O–H groups in total. The Hall–Kier alpha value is -5.61. The first-order valence-electron chi connectivity index (χ1n) is 16.6. The molecule has 0 bridgehead atoms. The van der Waals surface area contributed by atoms with Crippen LogP contribution in [0.25, 0.3) is 33.9 Å². The lowest BCUT2D eigenvalue weighted by atomic mass is 9.66. The molecule has 1 aliphatic heterocycles. The molecule has 2 fully saturated rings. The van der Waals surface area contributed by atoms with Gasteiger partial charge in [-0.25, -0.2) is 4.79 Å². The number of phenolic OH excluding ortho intramolecular Hbond substituents is 3. The van der Waals surface area contributed by atoms with Gasteiger partial charge in [0.1, 0.15) is 40.3 Å². The minimum absolute atomic E-state index is 0.00267. The molecular formula is C37H37N3O12. The average Bonchev–Trinajstić information content (AvgIpc) is 3.12. The number of carboxylic acid groups (broad SMARTS) is 1. The molecule has 52 heavy (non-hydrogen) atoms. The van der Waals surface area contributed by atoms with E-state index in [0.29, 0.717) is 11.1 Å². The van der Waals surface area contributed by atoms with Gasteiger partial charge in [0.25, 0.3) is 0 Å². The molecule has 0 radical (unpaired) electrons. The van der Waals surface area contributed by atoms with Gasteiger partial charge < -0.3 is 61.1 Å². The summed E-state index contributed by atoms with van der Waals surface area (Å²) in [6, 6.07) is 15.1. The molecule has 1 aromatic heterocycles. The second-order valence-electron chi connectivity index (χ2n) is 13.4. The predicted molar refractivity (Wildman–Crippen MR) is 186 cm³/mol. The Kier molecular flexibility index (Phi) is 8.82. The van der Waals surface area contributed by atoms with Crippen LogP contribution >= 0.6 is 0 Å². The number of hydrogen-bond acceptors (Lipinski definition) is 12. The van der Waals surface area contributed by atoms with E-state index in [1.807, 2.05) is 18.2 Å². The van der Waals surface area contributed by atoms with Gasteiger partial charge in [0.2, 0.25) is 12.0 Å². The zero-order valence-electron chi connectivity index (χ0n) is 27.5. The number of carboxylic acids is 1. The van der Waals surface area contributed by atoms with Crippen LogP contribution in [-0.2, 0) is 9.53 Å². The Balaban J connectivity index is 1.32. The quantitative estimate of drug-likeness (QED) is 0.0755. The van der Waals surface area contributed by atoms with Gasteiger partial charge in [-0.2, -0.15) is 0 Å². The molecule has 7 unspecified atom stereocenters. The third-order valence-electron chi connectivity index (χ3n) is 10.2. The number of aromatic hydroxyl groups is 3. The summed E-state index contributed by atoms with van der Waals surface area (Å²) in [6.07, 6.45) is -2.56. The summed E-state index contributed by atoms with van der Waals surface area (Å²) in [5.74, 6) is -4.39. The molecule has 1 saturated heterocycles. The number of guanidine groups is 1. The highest BCUT2D eigenvalue weighted by atomic mass is 16.7. The number of aliphatic hydroxyl groups is 3. The lowest BCUT2D eigenvalue weighted by molar-refractivity contribution is -0.303. The molecule has 2 heterocycles. The molecule has 0 amide bonds. The van der Waals surface area contributed by atoms with Gasteiger partial charge in [-0.1, -0.05) is 43.2 Å². The highest BCUT2D eigenvalue weighted by Gasteiger charge is 2.58. The standard InChI is InChI=1S/C37H37N3O12/c38-36(39)40-15-37(49)32(45)31(34(47)48)52-35(33(37)46)51-27-14-26-28(30(44)29(27)43)24(42)13-25(50-26)21-10-9-17(41)12-23(21)22-11-16-5-1-2-6-18(16)19-7-3-4-8-20(19)22/h1-2,5-6,9-14,19-20,31-33,35,41,43-46,49H,3-4,7-8,15H2,(H,47,48)(H4,38,39,40). The van der Waals surface area contributed by atoms with Crippen LogP contribution < -0.4 is 21.6 Å². The normalized spacial score (nSPS) is 26.9. The van der Waals surface area contributed by atoms with Crippen molar-refractivity contribution in [2.24, 2.45) is 22.4 Å². The monoisotopic (exact) mass is 715 g/mol. The van der Waals surface area contributed by atoms with Crippen LogP contribution in [0.1, 0.15) is 48.3 Å². The van der Waals surface area contributed by atoms with Crippen molar-refractivity contribution in [3.8, 4) is 34.3 Å². The molecule has 0 spiro atoms. The number of allylic oxidation sites excluding steroid dienone is 1. The van der Waals surface area contributed by atoms with Crippen LogP contribution in [0, 0.1) is 5.92 Å². The number of fused-ring (bicyclic) bond motifs is 4. The van der Waals surface area contributed by atoms with E-state index in [4.69, 9.17) is 25.4 Å². The third kappa shape index (κ3) is 5.86. The highest BCUT2D eigenvalue weighted by molar-refractivity contribution is 5.94. The Labute approximate surface area is 295 Å².